The van der Waals surface area contributed by atoms with Crippen molar-refractivity contribution in [3.8, 4) is 22.3 Å². The molecule has 0 aliphatic carbocycles. The van der Waals surface area contributed by atoms with Gasteiger partial charge in [-0.05, 0) is 52.1 Å². The summed E-state index contributed by atoms with van der Waals surface area (Å²) < 4.78 is 43.9. The smallest absolute Gasteiger partial charge is 0.416 e. The third-order valence-electron chi connectivity index (χ3n) is 6.41. The van der Waals surface area contributed by atoms with Gasteiger partial charge in [-0.2, -0.15) is 13.2 Å². The third kappa shape index (κ3) is 7.57. The van der Waals surface area contributed by atoms with Crippen LogP contribution in [0.25, 0.3) is 22.3 Å². The maximum atomic E-state index is 13.1. The summed E-state index contributed by atoms with van der Waals surface area (Å²) >= 11 is 0. The second kappa shape index (κ2) is 13.1. The van der Waals surface area contributed by atoms with Gasteiger partial charge in [-0.1, -0.05) is 78.9 Å². The number of benzene rings is 4. The highest BCUT2D eigenvalue weighted by atomic mass is 19.4. The van der Waals surface area contributed by atoms with Crippen LogP contribution in [-0.4, -0.2) is 36.4 Å². The highest BCUT2D eigenvalue weighted by molar-refractivity contribution is 5.95. The number of nitrogens with two attached hydrogens (primary N) is 1. The second-order valence-corrected chi connectivity index (χ2v) is 9.21. The molecule has 0 radical (unpaired) electrons. The molecule has 0 aliphatic heterocycles. The van der Waals surface area contributed by atoms with Crippen molar-refractivity contribution in [3.63, 3.8) is 0 Å². The molecule has 4 aromatic carbocycles. The molecule has 8 heteroatoms. The number of rotatable bonds is 10. The summed E-state index contributed by atoms with van der Waals surface area (Å²) in [4.78, 5) is 27.0. The number of hydrogen-bond acceptors (Lipinski definition) is 4. The molecule has 0 atom stereocenters. The number of halogens is 3. The lowest BCUT2D eigenvalue weighted by atomic mass is 10.0. The fourth-order valence-corrected chi connectivity index (χ4v) is 4.20. The molecular formula is C32H29F3N2O3. The van der Waals surface area contributed by atoms with E-state index in [9.17, 15) is 22.8 Å². The van der Waals surface area contributed by atoms with Gasteiger partial charge in [0, 0.05) is 25.2 Å². The van der Waals surface area contributed by atoms with E-state index in [2.05, 4.69) is 0 Å². The molecule has 40 heavy (non-hydrogen) atoms. The van der Waals surface area contributed by atoms with Crippen LogP contribution in [0.2, 0.25) is 0 Å². The maximum Gasteiger partial charge on any atom is 0.416 e. The standard InChI is InChI=1S/C32H29F3N2O3/c33-32(34,35)29-16-14-27(15-17-29)26-10-12-28(13-11-26)31(39)37(21-19-36)20-18-30(38)40-22-23-6-8-25(9-7-23)24-4-2-1-3-5-24/h1-17H,18-22,36H2. The Labute approximate surface area is 231 Å². The molecule has 0 fully saturated rings. The van der Waals surface area contributed by atoms with Crippen molar-refractivity contribution < 1.29 is 27.5 Å². The minimum Gasteiger partial charge on any atom is -0.461 e. The lowest BCUT2D eigenvalue weighted by molar-refractivity contribution is -0.145. The third-order valence-corrected chi connectivity index (χ3v) is 6.41. The monoisotopic (exact) mass is 546 g/mol. The molecule has 2 N–H and O–H groups in total. The Morgan fingerprint density at radius 1 is 0.700 bits per heavy atom. The summed E-state index contributed by atoms with van der Waals surface area (Å²) in [7, 11) is 0. The van der Waals surface area contributed by atoms with Gasteiger partial charge in [0.25, 0.3) is 5.91 Å². The van der Waals surface area contributed by atoms with Crippen molar-refractivity contribution >= 4 is 11.9 Å². The fourth-order valence-electron chi connectivity index (χ4n) is 4.20. The number of amides is 1. The predicted molar refractivity (Wildman–Crippen MR) is 148 cm³/mol. The molecule has 0 bridgehead atoms. The second-order valence-electron chi connectivity index (χ2n) is 9.21. The van der Waals surface area contributed by atoms with Crippen LogP contribution in [0.5, 0.6) is 0 Å². The summed E-state index contributed by atoms with van der Waals surface area (Å²) in [6, 6.07) is 29.1. The van der Waals surface area contributed by atoms with Gasteiger partial charge < -0.3 is 15.4 Å². The van der Waals surface area contributed by atoms with Gasteiger partial charge in [-0.15, -0.1) is 0 Å². The van der Waals surface area contributed by atoms with E-state index in [-0.39, 0.29) is 38.6 Å². The van der Waals surface area contributed by atoms with Gasteiger partial charge in [0.1, 0.15) is 6.61 Å². The topological polar surface area (TPSA) is 72.6 Å². The summed E-state index contributed by atoms with van der Waals surface area (Å²) in [5.74, 6) is -0.728. The summed E-state index contributed by atoms with van der Waals surface area (Å²) in [5, 5.41) is 0. The van der Waals surface area contributed by atoms with Gasteiger partial charge in [-0.3, -0.25) is 9.59 Å². The van der Waals surface area contributed by atoms with E-state index in [0.29, 0.717) is 16.7 Å². The molecule has 1 amide bonds. The van der Waals surface area contributed by atoms with Crippen LogP contribution >= 0.6 is 0 Å². The first kappa shape index (κ1) is 28.6. The number of carbonyl (C=O) groups excluding carboxylic acids is 2. The average Bonchev–Trinajstić information content (AvgIpc) is 2.98. The molecule has 0 spiro atoms. The minimum absolute atomic E-state index is 0.0114. The molecule has 0 heterocycles. The van der Waals surface area contributed by atoms with E-state index in [1.807, 2.05) is 54.6 Å². The highest BCUT2D eigenvalue weighted by Gasteiger charge is 2.30. The quantitative estimate of drug-likeness (QED) is 0.228. The van der Waals surface area contributed by atoms with Crippen LogP contribution in [0.4, 0.5) is 13.2 Å². The van der Waals surface area contributed by atoms with E-state index in [4.69, 9.17) is 10.5 Å². The molecule has 0 saturated heterocycles. The van der Waals surface area contributed by atoms with Crippen molar-refractivity contribution in [1.82, 2.24) is 4.90 Å². The molecular weight excluding hydrogens is 517 g/mol. The first-order valence-electron chi connectivity index (χ1n) is 12.8. The van der Waals surface area contributed by atoms with Crippen LogP contribution in [0, 0.1) is 0 Å². The zero-order valence-corrected chi connectivity index (χ0v) is 21.7. The SMILES string of the molecule is NCCN(CCC(=O)OCc1ccc(-c2ccccc2)cc1)C(=O)c1ccc(-c2ccc(C(F)(F)F)cc2)cc1. The number of alkyl halides is 3. The van der Waals surface area contributed by atoms with Gasteiger partial charge in [0.05, 0.1) is 12.0 Å². The molecule has 0 aliphatic rings. The molecule has 4 rings (SSSR count). The van der Waals surface area contributed by atoms with Crippen molar-refractivity contribution in [2.45, 2.75) is 19.2 Å². The summed E-state index contributed by atoms with van der Waals surface area (Å²) in [5.41, 5.74) is 9.66. The molecule has 4 aromatic rings. The zero-order valence-electron chi connectivity index (χ0n) is 21.7. The van der Waals surface area contributed by atoms with E-state index < -0.39 is 17.7 Å². The van der Waals surface area contributed by atoms with Crippen molar-refractivity contribution in [2.75, 3.05) is 19.6 Å². The van der Waals surface area contributed by atoms with Crippen molar-refractivity contribution in [3.05, 3.63) is 120 Å². The van der Waals surface area contributed by atoms with E-state index >= 15 is 0 Å². The van der Waals surface area contributed by atoms with Gasteiger partial charge in [0.2, 0.25) is 0 Å². The van der Waals surface area contributed by atoms with Crippen LogP contribution in [-0.2, 0) is 22.3 Å². The maximum absolute atomic E-state index is 13.1. The van der Waals surface area contributed by atoms with E-state index in [1.54, 1.807) is 24.3 Å². The molecule has 0 saturated carbocycles. The van der Waals surface area contributed by atoms with Gasteiger partial charge >= 0.3 is 12.1 Å². The van der Waals surface area contributed by atoms with Crippen LogP contribution in [0.15, 0.2) is 103 Å². The predicted octanol–water partition coefficient (Wildman–Crippen LogP) is 6.57. The molecule has 206 valence electrons. The van der Waals surface area contributed by atoms with Gasteiger partial charge in [-0.25, -0.2) is 0 Å². The van der Waals surface area contributed by atoms with E-state index in [1.165, 1.54) is 17.0 Å². The molecule has 0 aromatic heterocycles. The Morgan fingerprint density at radius 2 is 1.23 bits per heavy atom. The number of carbonyl (C=O) groups is 2. The summed E-state index contributed by atoms with van der Waals surface area (Å²) in [6.45, 7) is 0.749. The van der Waals surface area contributed by atoms with Crippen LogP contribution < -0.4 is 5.73 Å². The van der Waals surface area contributed by atoms with Crippen molar-refractivity contribution in [1.29, 1.82) is 0 Å². The Hall–Kier alpha value is -4.43. The Bertz CT molecular complexity index is 1400. The highest BCUT2D eigenvalue weighted by Crippen LogP contribution is 2.31. The minimum atomic E-state index is -4.40. The average molecular weight is 547 g/mol. The largest absolute Gasteiger partial charge is 0.461 e. The number of esters is 1. The van der Waals surface area contributed by atoms with E-state index in [0.717, 1.165) is 28.8 Å². The normalized spacial score (nSPS) is 11.2. The van der Waals surface area contributed by atoms with Gasteiger partial charge in [0.15, 0.2) is 0 Å². The Balaban J connectivity index is 1.30. The Morgan fingerprint density at radius 3 is 1.77 bits per heavy atom. The van der Waals surface area contributed by atoms with Crippen molar-refractivity contribution in [2.24, 2.45) is 5.73 Å². The lowest BCUT2D eigenvalue weighted by Crippen LogP contribution is -2.37. The number of ether oxygens (including phenoxy) is 1. The Kier molecular flexibility index (Phi) is 9.35. The number of hydrogen-bond donors (Lipinski definition) is 1. The first-order valence-corrected chi connectivity index (χ1v) is 12.8. The first-order chi connectivity index (χ1) is 19.2. The zero-order chi connectivity index (χ0) is 28.5. The van der Waals surface area contributed by atoms with Crippen LogP contribution in [0.1, 0.15) is 27.9 Å². The molecule has 0 unspecified atom stereocenters. The summed E-state index contributed by atoms with van der Waals surface area (Å²) in [6.07, 6.45) is -4.39. The molecule has 5 nitrogen and oxygen atoms in total. The van der Waals surface area contributed by atoms with Crippen LogP contribution in [0.3, 0.4) is 0 Å². The lowest BCUT2D eigenvalue weighted by Gasteiger charge is -2.22. The number of nitrogens with zero attached hydrogens (tertiary/aromatic N) is 1. The fraction of sp³-hybridized carbons (Fsp3) is 0.188.